The van der Waals surface area contributed by atoms with Crippen molar-refractivity contribution in [2.75, 3.05) is 7.11 Å². The summed E-state index contributed by atoms with van der Waals surface area (Å²) in [5.74, 6) is 0.802. The molecule has 0 aliphatic carbocycles. The van der Waals surface area contributed by atoms with Crippen molar-refractivity contribution in [3.63, 3.8) is 0 Å². The summed E-state index contributed by atoms with van der Waals surface area (Å²) in [7, 11) is 1.63. The van der Waals surface area contributed by atoms with Gasteiger partial charge in [0.15, 0.2) is 0 Å². The summed E-state index contributed by atoms with van der Waals surface area (Å²) in [4.78, 5) is 5.52. The van der Waals surface area contributed by atoms with E-state index in [9.17, 15) is 5.11 Å². The molecule has 0 bridgehead atoms. The zero-order valence-electron chi connectivity index (χ0n) is 10.8. The second-order valence-electron chi connectivity index (χ2n) is 4.23. The van der Waals surface area contributed by atoms with Crippen molar-refractivity contribution < 1.29 is 9.84 Å². The molecular formula is C14H17NO2S. The van der Waals surface area contributed by atoms with Crippen LogP contribution in [-0.4, -0.2) is 17.2 Å². The molecule has 0 aliphatic heterocycles. The number of ether oxygens (including phenoxy) is 1. The molecule has 2 aromatic rings. The number of aromatic nitrogens is 1. The van der Waals surface area contributed by atoms with Crippen LogP contribution in [0.15, 0.2) is 24.3 Å². The van der Waals surface area contributed by atoms with Crippen LogP contribution in [0.3, 0.4) is 0 Å². The van der Waals surface area contributed by atoms with Crippen LogP contribution in [0.4, 0.5) is 0 Å². The van der Waals surface area contributed by atoms with Gasteiger partial charge in [0.2, 0.25) is 0 Å². The molecule has 3 nitrogen and oxygen atoms in total. The maximum absolute atomic E-state index is 10.2. The Labute approximate surface area is 111 Å². The summed E-state index contributed by atoms with van der Waals surface area (Å²) < 4.78 is 5.10. The Bertz CT molecular complexity index is 519. The summed E-state index contributed by atoms with van der Waals surface area (Å²) >= 11 is 1.65. The fourth-order valence-electron chi connectivity index (χ4n) is 1.88. The van der Waals surface area contributed by atoms with Crippen LogP contribution in [0.1, 0.15) is 27.2 Å². The number of aliphatic hydroxyl groups is 1. The Morgan fingerprint density at radius 3 is 2.44 bits per heavy atom. The highest BCUT2D eigenvalue weighted by Crippen LogP contribution is 2.25. The van der Waals surface area contributed by atoms with Gasteiger partial charge >= 0.3 is 0 Å². The van der Waals surface area contributed by atoms with E-state index >= 15 is 0 Å². The minimum atomic E-state index is -0.491. The number of aryl methyl sites for hydroxylation is 2. The van der Waals surface area contributed by atoms with Crippen LogP contribution in [0.2, 0.25) is 0 Å². The van der Waals surface area contributed by atoms with Crippen molar-refractivity contribution in [2.45, 2.75) is 26.4 Å². The molecule has 0 radical (unpaired) electrons. The van der Waals surface area contributed by atoms with Crippen LogP contribution in [0, 0.1) is 13.8 Å². The molecule has 1 N–H and O–H groups in total. The highest BCUT2D eigenvalue weighted by molar-refractivity contribution is 7.11. The van der Waals surface area contributed by atoms with E-state index in [0.717, 1.165) is 26.9 Å². The number of hydrogen-bond donors (Lipinski definition) is 1. The fourth-order valence-corrected chi connectivity index (χ4v) is 2.86. The van der Waals surface area contributed by atoms with Gasteiger partial charge in [-0.1, -0.05) is 12.1 Å². The Hall–Kier alpha value is -1.39. The average molecular weight is 263 g/mol. The second-order valence-corrected chi connectivity index (χ2v) is 5.52. The molecule has 4 heteroatoms. The Morgan fingerprint density at radius 2 is 1.94 bits per heavy atom. The van der Waals surface area contributed by atoms with Gasteiger partial charge in [0, 0.05) is 11.3 Å². The van der Waals surface area contributed by atoms with E-state index in [4.69, 9.17) is 4.74 Å². The van der Waals surface area contributed by atoms with Crippen molar-refractivity contribution in [1.29, 1.82) is 0 Å². The van der Waals surface area contributed by atoms with Crippen LogP contribution in [0.25, 0.3) is 0 Å². The topological polar surface area (TPSA) is 42.4 Å². The van der Waals surface area contributed by atoms with Crippen LogP contribution in [0.5, 0.6) is 5.75 Å². The van der Waals surface area contributed by atoms with Gasteiger partial charge in [-0.05, 0) is 31.5 Å². The van der Waals surface area contributed by atoms with E-state index in [1.54, 1.807) is 18.4 Å². The lowest BCUT2D eigenvalue weighted by Gasteiger charge is -2.10. The SMILES string of the molecule is COc1ccc(C(O)Cc2sc(C)nc2C)cc1. The van der Waals surface area contributed by atoms with Crippen LogP contribution in [-0.2, 0) is 6.42 Å². The van der Waals surface area contributed by atoms with Crippen molar-refractivity contribution in [3.8, 4) is 5.75 Å². The zero-order valence-corrected chi connectivity index (χ0v) is 11.6. The maximum Gasteiger partial charge on any atom is 0.118 e. The molecule has 18 heavy (non-hydrogen) atoms. The molecule has 2 rings (SSSR count). The lowest BCUT2D eigenvalue weighted by molar-refractivity contribution is 0.179. The first kappa shape index (κ1) is 13.1. The number of aliphatic hydroxyl groups excluding tert-OH is 1. The molecule has 96 valence electrons. The van der Waals surface area contributed by atoms with Crippen molar-refractivity contribution in [3.05, 3.63) is 45.4 Å². The molecule has 0 amide bonds. The van der Waals surface area contributed by atoms with Crippen molar-refractivity contribution in [2.24, 2.45) is 0 Å². The predicted octanol–water partition coefficient (Wildman–Crippen LogP) is 3.04. The third-order valence-electron chi connectivity index (χ3n) is 2.88. The van der Waals surface area contributed by atoms with Gasteiger partial charge in [-0.2, -0.15) is 0 Å². The smallest absolute Gasteiger partial charge is 0.118 e. The van der Waals surface area contributed by atoms with E-state index in [-0.39, 0.29) is 0 Å². The molecule has 0 fully saturated rings. The summed E-state index contributed by atoms with van der Waals surface area (Å²) in [5.41, 5.74) is 1.92. The molecule has 1 heterocycles. The highest BCUT2D eigenvalue weighted by atomic mass is 32.1. The average Bonchev–Trinajstić information content (AvgIpc) is 2.68. The highest BCUT2D eigenvalue weighted by Gasteiger charge is 2.13. The largest absolute Gasteiger partial charge is 0.497 e. The number of thiazole rings is 1. The number of benzene rings is 1. The Morgan fingerprint density at radius 1 is 1.28 bits per heavy atom. The first-order valence-electron chi connectivity index (χ1n) is 5.85. The van der Waals surface area contributed by atoms with Crippen molar-refractivity contribution >= 4 is 11.3 Å². The monoisotopic (exact) mass is 263 g/mol. The Kier molecular flexibility index (Phi) is 3.99. The summed E-state index contributed by atoms with van der Waals surface area (Å²) in [6, 6.07) is 7.52. The molecule has 0 aliphatic rings. The van der Waals surface area contributed by atoms with E-state index in [0.29, 0.717) is 6.42 Å². The molecule has 1 atom stereocenters. The standard InChI is InChI=1S/C14H17NO2S/c1-9-14(18-10(2)15-9)8-13(16)11-4-6-12(17-3)7-5-11/h4-7,13,16H,8H2,1-3H3. The number of rotatable bonds is 4. The summed E-state index contributed by atoms with van der Waals surface area (Å²) in [6.45, 7) is 3.97. The van der Waals surface area contributed by atoms with Gasteiger partial charge in [0.25, 0.3) is 0 Å². The van der Waals surface area contributed by atoms with Gasteiger partial charge in [0.1, 0.15) is 5.75 Å². The molecule has 0 saturated heterocycles. The first-order chi connectivity index (χ1) is 8.60. The van der Waals surface area contributed by atoms with Crippen molar-refractivity contribution in [1.82, 2.24) is 4.98 Å². The van der Waals surface area contributed by atoms with E-state index < -0.39 is 6.10 Å². The molecule has 1 unspecified atom stereocenters. The normalized spacial score (nSPS) is 12.4. The quantitative estimate of drug-likeness (QED) is 0.922. The number of methoxy groups -OCH3 is 1. The second kappa shape index (κ2) is 5.50. The fraction of sp³-hybridized carbons (Fsp3) is 0.357. The van der Waals surface area contributed by atoms with E-state index in [1.165, 1.54) is 0 Å². The first-order valence-corrected chi connectivity index (χ1v) is 6.66. The predicted molar refractivity (Wildman–Crippen MR) is 73.2 cm³/mol. The van der Waals surface area contributed by atoms with Gasteiger partial charge in [-0.15, -0.1) is 11.3 Å². The zero-order chi connectivity index (χ0) is 13.1. The summed E-state index contributed by atoms with van der Waals surface area (Å²) in [6.07, 6.45) is 0.124. The van der Waals surface area contributed by atoms with Gasteiger partial charge in [-0.3, -0.25) is 0 Å². The lowest BCUT2D eigenvalue weighted by atomic mass is 10.1. The molecule has 0 spiro atoms. The van der Waals surface area contributed by atoms with E-state index in [2.05, 4.69) is 4.98 Å². The third kappa shape index (κ3) is 2.89. The van der Waals surface area contributed by atoms with Gasteiger partial charge < -0.3 is 9.84 Å². The van der Waals surface area contributed by atoms with E-state index in [1.807, 2.05) is 38.1 Å². The Balaban J connectivity index is 2.11. The van der Waals surface area contributed by atoms with Gasteiger partial charge in [-0.25, -0.2) is 4.98 Å². The molecule has 1 aromatic heterocycles. The van der Waals surface area contributed by atoms with Crippen LogP contribution < -0.4 is 4.74 Å². The number of hydrogen-bond acceptors (Lipinski definition) is 4. The maximum atomic E-state index is 10.2. The van der Waals surface area contributed by atoms with Gasteiger partial charge in [0.05, 0.1) is 23.9 Å². The third-order valence-corrected chi connectivity index (χ3v) is 3.97. The molecule has 1 aromatic carbocycles. The van der Waals surface area contributed by atoms with Crippen LogP contribution >= 0.6 is 11.3 Å². The molecular weight excluding hydrogens is 246 g/mol. The molecule has 0 saturated carbocycles. The minimum absolute atomic E-state index is 0.491. The summed E-state index contributed by atoms with van der Waals surface area (Å²) in [5, 5.41) is 11.3. The number of nitrogens with zero attached hydrogens (tertiary/aromatic N) is 1. The minimum Gasteiger partial charge on any atom is -0.497 e. The lowest BCUT2D eigenvalue weighted by Crippen LogP contribution is -2.01.